The summed E-state index contributed by atoms with van der Waals surface area (Å²) in [5, 5.41) is 13.0. The van der Waals surface area contributed by atoms with Gasteiger partial charge in [-0.1, -0.05) is 18.6 Å². The summed E-state index contributed by atoms with van der Waals surface area (Å²) in [4.78, 5) is 45.8. The molecule has 11 nitrogen and oxygen atoms in total. The molecule has 4 aromatic rings. The van der Waals surface area contributed by atoms with Gasteiger partial charge in [0.2, 0.25) is 11.8 Å². The first-order chi connectivity index (χ1) is 24.8. The van der Waals surface area contributed by atoms with Crippen LogP contribution in [-0.4, -0.2) is 76.0 Å². The average Bonchev–Trinajstić information content (AvgIpc) is 3.80. The zero-order valence-electron chi connectivity index (χ0n) is 28.6. The maximum Gasteiger partial charge on any atom is 0.256 e. The van der Waals surface area contributed by atoms with E-state index in [0.29, 0.717) is 60.9 Å². The van der Waals surface area contributed by atoms with E-state index in [9.17, 15) is 23.2 Å². The lowest BCUT2D eigenvalue weighted by molar-refractivity contribution is -0.133. The second-order valence-electron chi connectivity index (χ2n) is 13.8. The molecule has 5 heterocycles. The van der Waals surface area contributed by atoms with Gasteiger partial charge in [0.1, 0.15) is 29.1 Å². The molecule has 3 amide bonds. The number of amides is 3. The van der Waals surface area contributed by atoms with Crippen LogP contribution in [0.2, 0.25) is 0 Å². The first-order valence-corrected chi connectivity index (χ1v) is 18.1. The molecule has 0 radical (unpaired) electrons. The van der Waals surface area contributed by atoms with E-state index in [0.717, 1.165) is 76.0 Å². The van der Waals surface area contributed by atoms with Crippen molar-refractivity contribution in [3.05, 3.63) is 89.2 Å². The van der Waals surface area contributed by atoms with Crippen LogP contribution in [0.4, 0.5) is 20.3 Å². The summed E-state index contributed by atoms with van der Waals surface area (Å²) < 4.78 is 30.1. The van der Waals surface area contributed by atoms with E-state index in [1.807, 2.05) is 17.0 Å². The molecule has 3 saturated heterocycles. The molecule has 3 fully saturated rings. The highest BCUT2D eigenvalue weighted by Gasteiger charge is 2.31. The number of imide groups is 1. The van der Waals surface area contributed by atoms with E-state index >= 15 is 0 Å². The fourth-order valence-corrected chi connectivity index (χ4v) is 7.62. The standard InChI is InChI=1S/C38H44F2N8O3/c39-27-8-11-31(40)29(23-27)33-5-4-19-47(33)34-16-22-48-36(44-34)30(24-42-48)37(50)41-17-2-1-3-18-46-20-14-26(15-21-46)25-6-9-28(10-7-25)43-32-12-13-35(49)45-38(32)51/h6-11,16,22-24,26,32-33,43H,1-5,12-15,17-21H2,(H,41,50)(H,45,49,51). The predicted octanol–water partition coefficient (Wildman–Crippen LogP) is 5.35. The maximum absolute atomic E-state index is 14.6. The van der Waals surface area contributed by atoms with Gasteiger partial charge < -0.3 is 20.4 Å². The minimum absolute atomic E-state index is 0.212. The monoisotopic (exact) mass is 698 g/mol. The number of nitrogens with one attached hydrogen (secondary N) is 3. The quantitative estimate of drug-likeness (QED) is 0.134. The molecule has 13 heteroatoms. The van der Waals surface area contributed by atoms with E-state index in [-0.39, 0.29) is 29.8 Å². The molecule has 3 aliphatic rings. The van der Waals surface area contributed by atoms with Gasteiger partial charge in [0.25, 0.3) is 5.91 Å². The lowest BCUT2D eigenvalue weighted by Gasteiger charge is -2.32. The number of benzene rings is 2. The number of rotatable bonds is 12. The Kier molecular flexibility index (Phi) is 10.5. The number of aromatic nitrogens is 3. The number of carbonyl (C=O) groups is 3. The fraction of sp³-hybridized carbons (Fsp3) is 0.447. The van der Waals surface area contributed by atoms with Crippen LogP contribution in [0, 0.1) is 11.6 Å². The molecule has 268 valence electrons. The largest absolute Gasteiger partial charge is 0.374 e. The van der Waals surface area contributed by atoms with Gasteiger partial charge >= 0.3 is 0 Å². The number of anilines is 2. The van der Waals surface area contributed by atoms with Gasteiger partial charge in [-0.3, -0.25) is 19.7 Å². The van der Waals surface area contributed by atoms with Gasteiger partial charge in [-0.15, -0.1) is 0 Å². The summed E-state index contributed by atoms with van der Waals surface area (Å²) in [6.45, 7) is 4.35. The molecular formula is C38H44F2N8O3. The van der Waals surface area contributed by atoms with Gasteiger partial charge in [0, 0.05) is 37.0 Å². The highest BCUT2D eigenvalue weighted by molar-refractivity contribution is 6.01. The zero-order chi connectivity index (χ0) is 35.3. The maximum atomic E-state index is 14.6. The van der Waals surface area contributed by atoms with Crippen LogP contribution in [0.25, 0.3) is 5.65 Å². The third-order valence-electron chi connectivity index (χ3n) is 10.4. The van der Waals surface area contributed by atoms with Gasteiger partial charge in [0.05, 0.1) is 12.2 Å². The number of piperidine rings is 2. The van der Waals surface area contributed by atoms with Gasteiger partial charge in [-0.25, -0.2) is 18.3 Å². The summed E-state index contributed by atoms with van der Waals surface area (Å²) in [7, 11) is 0. The number of fused-ring (bicyclic) bond motifs is 1. The highest BCUT2D eigenvalue weighted by Crippen LogP contribution is 2.37. The van der Waals surface area contributed by atoms with Gasteiger partial charge in [0.15, 0.2) is 5.65 Å². The van der Waals surface area contributed by atoms with E-state index in [1.54, 1.807) is 16.8 Å². The molecule has 0 saturated carbocycles. The molecule has 0 bridgehead atoms. The van der Waals surface area contributed by atoms with Gasteiger partial charge in [-0.05, 0) is 112 Å². The van der Waals surface area contributed by atoms with Crippen molar-refractivity contribution in [3.8, 4) is 0 Å². The van der Waals surface area contributed by atoms with Crippen LogP contribution >= 0.6 is 0 Å². The Morgan fingerprint density at radius 3 is 2.57 bits per heavy atom. The molecule has 2 atom stereocenters. The Hall–Kier alpha value is -4.91. The van der Waals surface area contributed by atoms with Crippen molar-refractivity contribution in [2.24, 2.45) is 0 Å². The molecular weight excluding hydrogens is 654 g/mol. The summed E-state index contributed by atoms with van der Waals surface area (Å²) >= 11 is 0. The molecule has 7 rings (SSSR count). The average molecular weight is 699 g/mol. The molecule has 0 spiro atoms. The third-order valence-corrected chi connectivity index (χ3v) is 10.4. The lowest BCUT2D eigenvalue weighted by atomic mass is 9.89. The van der Waals surface area contributed by atoms with Crippen LogP contribution in [0.15, 0.2) is 60.9 Å². The number of likely N-dealkylation sites (tertiary alicyclic amines) is 1. The van der Waals surface area contributed by atoms with Crippen LogP contribution in [0.3, 0.4) is 0 Å². The molecule has 3 aliphatic heterocycles. The fourth-order valence-electron chi connectivity index (χ4n) is 7.62. The number of halogens is 2. The summed E-state index contributed by atoms with van der Waals surface area (Å²) in [5.41, 5.74) is 3.33. The van der Waals surface area contributed by atoms with Crippen molar-refractivity contribution in [1.82, 2.24) is 30.1 Å². The Morgan fingerprint density at radius 1 is 0.941 bits per heavy atom. The predicted molar refractivity (Wildman–Crippen MR) is 190 cm³/mol. The van der Waals surface area contributed by atoms with Crippen molar-refractivity contribution in [2.45, 2.75) is 75.8 Å². The minimum atomic E-state index is -0.472. The number of hydrogen-bond acceptors (Lipinski definition) is 8. The molecule has 0 aliphatic carbocycles. The number of nitrogens with zero attached hydrogens (tertiary/aromatic N) is 5. The SMILES string of the molecule is O=C1CCC(Nc2ccc(C3CCN(CCCCCNC(=O)c4cnn5ccc(N6CCCC6c6cc(F)ccc6F)nc45)CC3)cc2)C(=O)N1. The summed E-state index contributed by atoms with van der Waals surface area (Å²) in [6.07, 6.45) is 10.8. The van der Waals surface area contributed by atoms with Gasteiger partial charge in [-0.2, -0.15) is 5.10 Å². The smallest absolute Gasteiger partial charge is 0.256 e. The van der Waals surface area contributed by atoms with Crippen molar-refractivity contribution in [2.75, 3.05) is 42.9 Å². The second kappa shape index (κ2) is 15.5. The van der Waals surface area contributed by atoms with E-state index < -0.39 is 11.6 Å². The van der Waals surface area contributed by atoms with Crippen molar-refractivity contribution in [3.63, 3.8) is 0 Å². The molecule has 2 unspecified atom stereocenters. The number of carbonyl (C=O) groups excluding carboxylic acids is 3. The van der Waals surface area contributed by atoms with Crippen molar-refractivity contribution >= 4 is 34.9 Å². The highest BCUT2D eigenvalue weighted by atomic mass is 19.1. The van der Waals surface area contributed by atoms with Crippen LogP contribution in [0.1, 0.15) is 91.2 Å². The lowest BCUT2D eigenvalue weighted by Crippen LogP contribution is -2.47. The molecule has 2 aromatic carbocycles. The number of hydrogen-bond donors (Lipinski definition) is 3. The third kappa shape index (κ3) is 8.03. The van der Waals surface area contributed by atoms with Crippen LogP contribution < -0.4 is 20.9 Å². The van der Waals surface area contributed by atoms with E-state index in [2.05, 4.69) is 38.1 Å². The second-order valence-corrected chi connectivity index (χ2v) is 13.8. The van der Waals surface area contributed by atoms with Crippen molar-refractivity contribution in [1.29, 1.82) is 0 Å². The zero-order valence-corrected chi connectivity index (χ0v) is 28.6. The Bertz CT molecular complexity index is 1870. The molecule has 3 N–H and O–H groups in total. The normalized spacial score (nSPS) is 20.2. The van der Waals surface area contributed by atoms with E-state index in [4.69, 9.17) is 4.98 Å². The first kappa shape index (κ1) is 34.5. The Morgan fingerprint density at radius 2 is 1.76 bits per heavy atom. The van der Waals surface area contributed by atoms with Crippen molar-refractivity contribution < 1.29 is 23.2 Å². The number of unbranched alkanes of at least 4 members (excludes halogenated alkanes) is 2. The van der Waals surface area contributed by atoms with Crippen LogP contribution in [-0.2, 0) is 9.59 Å². The first-order valence-electron chi connectivity index (χ1n) is 18.1. The Balaban J connectivity index is 0.828. The minimum Gasteiger partial charge on any atom is -0.374 e. The van der Waals surface area contributed by atoms with Crippen LogP contribution in [0.5, 0.6) is 0 Å². The molecule has 2 aromatic heterocycles. The summed E-state index contributed by atoms with van der Waals surface area (Å²) in [6, 6.07) is 13.0. The summed E-state index contributed by atoms with van der Waals surface area (Å²) in [5.74, 6) is -0.502. The van der Waals surface area contributed by atoms with E-state index in [1.165, 1.54) is 17.8 Å². The Labute approximate surface area is 295 Å². The molecule has 51 heavy (non-hydrogen) atoms. The topological polar surface area (TPSA) is 124 Å².